The highest BCUT2D eigenvalue weighted by Gasteiger charge is 2.39. The van der Waals surface area contributed by atoms with Gasteiger partial charge in [-0.25, -0.2) is 19.2 Å². The van der Waals surface area contributed by atoms with Gasteiger partial charge in [0.2, 0.25) is 0 Å². The Morgan fingerprint density at radius 3 is 1.02 bits per heavy atom. The monoisotopic (exact) mass is 590 g/mol. The number of carbonyl (C=O) groups excluding carboxylic acids is 6. The Morgan fingerprint density at radius 2 is 0.786 bits per heavy atom. The molecular formula is C30H38O12. The third kappa shape index (κ3) is 12.4. The number of carbonyl (C=O) groups is 6. The van der Waals surface area contributed by atoms with Gasteiger partial charge in [-0.2, -0.15) is 0 Å². The zero-order chi connectivity index (χ0) is 31.8. The van der Waals surface area contributed by atoms with Crippen molar-refractivity contribution in [1.82, 2.24) is 0 Å². The molecule has 0 aliphatic heterocycles. The molecule has 0 saturated heterocycles. The van der Waals surface area contributed by atoms with Crippen molar-refractivity contribution >= 4 is 35.8 Å². The minimum Gasteiger partial charge on any atom is -0.465 e. The van der Waals surface area contributed by atoms with E-state index in [9.17, 15) is 28.8 Å². The van der Waals surface area contributed by atoms with Crippen molar-refractivity contribution in [3.8, 4) is 0 Å². The molecule has 0 heterocycles. The summed E-state index contributed by atoms with van der Waals surface area (Å²) in [6.07, 6.45) is 7.71. The van der Waals surface area contributed by atoms with Gasteiger partial charge >= 0.3 is 35.8 Å². The van der Waals surface area contributed by atoms with Gasteiger partial charge in [0.25, 0.3) is 0 Å². The van der Waals surface area contributed by atoms with Crippen LogP contribution in [0.25, 0.3) is 0 Å². The van der Waals surface area contributed by atoms with Crippen LogP contribution >= 0.6 is 0 Å². The predicted molar refractivity (Wildman–Crippen MR) is 148 cm³/mol. The van der Waals surface area contributed by atoms with Crippen LogP contribution < -0.4 is 0 Å². The van der Waals surface area contributed by atoms with E-state index in [2.05, 4.69) is 26.3 Å². The van der Waals surface area contributed by atoms with Crippen LogP contribution in [0.15, 0.2) is 62.8 Å². The second-order valence-electron chi connectivity index (χ2n) is 10.2. The van der Waals surface area contributed by atoms with E-state index < -0.39 is 58.5 Å². The zero-order valence-corrected chi connectivity index (χ0v) is 24.0. The molecule has 12 heteroatoms. The molecule has 0 aromatic heterocycles. The summed E-state index contributed by atoms with van der Waals surface area (Å²) in [5, 5.41) is 0. The second-order valence-corrected chi connectivity index (χ2v) is 10.2. The van der Waals surface area contributed by atoms with E-state index in [0.29, 0.717) is 0 Å². The highest BCUT2D eigenvalue weighted by molar-refractivity contribution is 5.84. The molecule has 0 aromatic carbocycles. The molecule has 0 amide bonds. The Kier molecular flexibility index (Phi) is 14.7. The number of esters is 6. The Balaban J connectivity index is 2.94. The van der Waals surface area contributed by atoms with Crippen LogP contribution in [0.5, 0.6) is 0 Å². The van der Waals surface area contributed by atoms with Crippen LogP contribution in [0.3, 0.4) is 0 Å². The maximum absolute atomic E-state index is 13.1. The number of ether oxygens (including phenoxy) is 6. The van der Waals surface area contributed by atoms with Crippen molar-refractivity contribution in [3.05, 3.63) is 62.8 Å². The molecule has 0 fully saturated rings. The summed E-state index contributed by atoms with van der Waals surface area (Å²) in [5.74, 6) is -6.08. The van der Waals surface area contributed by atoms with Gasteiger partial charge < -0.3 is 28.4 Å². The SMILES string of the molecule is C=CC(=O)OCC(C)(COC(=O)C=C)COC(=O)C1CC=CCC1C(=O)OCC(C)(COC(=O)C=C)COC(=O)C=C. The minimum atomic E-state index is -1.11. The van der Waals surface area contributed by atoms with Crippen molar-refractivity contribution in [1.29, 1.82) is 0 Å². The smallest absolute Gasteiger partial charge is 0.330 e. The molecule has 0 N–H and O–H groups in total. The van der Waals surface area contributed by atoms with Crippen LogP contribution in [0.4, 0.5) is 0 Å². The van der Waals surface area contributed by atoms with Gasteiger partial charge in [-0.3, -0.25) is 9.59 Å². The molecule has 0 aromatic rings. The molecule has 2 atom stereocenters. The summed E-state index contributed by atoms with van der Waals surface area (Å²) in [4.78, 5) is 72.6. The first-order valence-electron chi connectivity index (χ1n) is 13.0. The second kappa shape index (κ2) is 17.4. The normalized spacial score (nSPS) is 16.1. The summed E-state index contributed by atoms with van der Waals surface area (Å²) < 4.78 is 31.4. The quantitative estimate of drug-likeness (QED) is 0.0996. The molecule has 0 radical (unpaired) electrons. The van der Waals surface area contributed by atoms with Crippen molar-refractivity contribution in [3.63, 3.8) is 0 Å². The maximum Gasteiger partial charge on any atom is 0.330 e. The van der Waals surface area contributed by atoms with Crippen LogP contribution in [0, 0.1) is 22.7 Å². The van der Waals surface area contributed by atoms with E-state index in [4.69, 9.17) is 28.4 Å². The lowest BCUT2D eigenvalue weighted by Crippen LogP contribution is -2.41. The van der Waals surface area contributed by atoms with E-state index in [1.165, 1.54) is 0 Å². The molecule has 230 valence electrons. The van der Waals surface area contributed by atoms with E-state index in [1.54, 1.807) is 26.0 Å². The highest BCUT2D eigenvalue weighted by atomic mass is 16.6. The summed E-state index contributed by atoms with van der Waals surface area (Å²) in [5.41, 5.74) is -2.22. The maximum atomic E-state index is 13.1. The van der Waals surface area contributed by atoms with Crippen LogP contribution in [0.1, 0.15) is 26.7 Å². The van der Waals surface area contributed by atoms with E-state index in [-0.39, 0.29) is 52.5 Å². The largest absolute Gasteiger partial charge is 0.465 e. The molecule has 1 aliphatic rings. The van der Waals surface area contributed by atoms with Gasteiger partial charge in [0.05, 0.1) is 22.7 Å². The third-order valence-corrected chi connectivity index (χ3v) is 6.08. The molecule has 1 rings (SSSR count). The van der Waals surface area contributed by atoms with Crippen molar-refractivity contribution in [2.24, 2.45) is 22.7 Å². The lowest BCUT2D eigenvalue weighted by molar-refractivity contribution is -0.170. The summed E-state index contributed by atoms with van der Waals surface area (Å²) in [7, 11) is 0. The van der Waals surface area contributed by atoms with Crippen LogP contribution in [-0.4, -0.2) is 75.5 Å². The zero-order valence-electron chi connectivity index (χ0n) is 24.0. The predicted octanol–water partition coefficient (Wildman–Crippen LogP) is 2.58. The van der Waals surface area contributed by atoms with E-state index in [0.717, 1.165) is 24.3 Å². The summed E-state index contributed by atoms with van der Waals surface area (Å²) in [6, 6.07) is 0. The molecule has 42 heavy (non-hydrogen) atoms. The fourth-order valence-electron chi connectivity index (χ4n) is 3.51. The average molecular weight is 591 g/mol. The molecule has 2 unspecified atom stereocenters. The van der Waals surface area contributed by atoms with E-state index >= 15 is 0 Å². The molecule has 1 aliphatic carbocycles. The lowest BCUT2D eigenvalue weighted by atomic mass is 9.83. The molecular weight excluding hydrogens is 552 g/mol. The first kappa shape index (κ1) is 35.5. The first-order valence-corrected chi connectivity index (χ1v) is 13.0. The number of rotatable bonds is 18. The van der Waals surface area contributed by atoms with Gasteiger partial charge in [-0.15, -0.1) is 0 Å². The van der Waals surface area contributed by atoms with Crippen molar-refractivity contribution < 1.29 is 57.2 Å². The van der Waals surface area contributed by atoms with Crippen LogP contribution in [0.2, 0.25) is 0 Å². The number of allylic oxidation sites excluding steroid dienone is 2. The van der Waals surface area contributed by atoms with Gasteiger partial charge in [-0.05, 0) is 26.7 Å². The Bertz CT molecular complexity index is 954. The Hall–Kier alpha value is -4.48. The van der Waals surface area contributed by atoms with Gasteiger partial charge in [0.15, 0.2) is 0 Å². The fraction of sp³-hybridized carbons (Fsp3) is 0.467. The summed E-state index contributed by atoms with van der Waals surface area (Å²) in [6.45, 7) is 14.8. The molecule has 0 saturated carbocycles. The van der Waals surface area contributed by atoms with Crippen molar-refractivity contribution in [2.75, 3.05) is 39.6 Å². The number of hydrogen-bond acceptors (Lipinski definition) is 12. The topological polar surface area (TPSA) is 158 Å². The van der Waals surface area contributed by atoms with Crippen LogP contribution in [-0.2, 0) is 57.2 Å². The Labute approximate surface area is 245 Å². The Morgan fingerprint density at radius 1 is 0.548 bits per heavy atom. The first-order chi connectivity index (χ1) is 19.8. The minimum absolute atomic E-state index is 0.192. The molecule has 0 bridgehead atoms. The standard InChI is InChI=1S/C30H38O12/c1-7-23(31)37-15-29(5,16-38-24(32)8-2)19-41-27(35)21-13-11-12-14-22(21)28(36)42-20-30(6,17-39-25(33)9-3)18-40-26(34)10-4/h7-12,21-22H,1-4,13-20H2,5-6H3. The third-order valence-electron chi connectivity index (χ3n) is 6.08. The number of hydrogen-bond donors (Lipinski definition) is 0. The fourth-order valence-corrected chi connectivity index (χ4v) is 3.51. The summed E-state index contributed by atoms with van der Waals surface area (Å²) >= 11 is 0. The van der Waals surface area contributed by atoms with Gasteiger partial charge in [-0.1, -0.05) is 38.5 Å². The lowest BCUT2D eigenvalue weighted by Gasteiger charge is -2.31. The van der Waals surface area contributed by atoms with Gasteiger partial charge in [0, 0.05) is 24.3 Å². The highest BCUT2D eigenvalue weighted by Crippen LogP contribution is 2.30. The van der Waals surface area contributed by atoms with E-state index in [1.807, 2.05) is 0 Å². The molecule has 0 spiro atoms. The van der Waals surface area contributed by atoms with Crippen molar-refractivity contribution in [2.45, 2.75) is 26.7 Å². The average Bonchev–Trinajstić information content (AvgIpc) is 3.01. The van der Waals surface area contributed by atoms with Gasteiger partial charge in [0.1, 0.15) is 39.6 Å². The molecule has 12 nitrogen and oxygen atoms in total.